The van der Waals surface area contributed by atoms with Gasteiger partial charge in [-0.15, -0.1) is 5.10 Å². The first kappa shape index (κ1) is 22.6. The molecule has 1 saturated carbocycles. The Morgan fingerprint density at radius 2 is 1.66 bits per heavy atom. The van der Waals surface area contributed by atoms with E-state index in [1.54, 1.807) is 0 Å². The number of nitrogens with zero attached hydrogens (tertiary/aromatic N) is 3. The van der Waals surface area contributed by atoms with Crippen LogP contribution in [0.4, 0.5) is 21.9 Å². The van der Waals surface area contributed by atoms with Gasteiger partial charge in [0.15, 0.2) is 5.82 Å². The fraction of sp³-hybridized carbons (Fsp3) is 0.259. The highest BCUT2D eigenvalue weighted by Crippen LogP contribution is 2.35. The van der Waals surface area contributed by atoms with Gasteiger partial charge in [0.1, 0.15) is 0 Å². The molecule has 0 radical (unpaired) electrons. The number of tetrazole rings is 1. The fourth-order valence-corrected chi connectivity index (χ4v) is 4.54. The monoisotopic (exact) mass is 467 g/mol. The third-order valence-electron chi connectivity index (χ3n) is 6.38. The van der Waals surface area contributed by atoms with Gasteiger partial charge in [0.25, 0.3) is 0 Å². The number of nitrogens with one attached hydrogen (secondary N) is 4. The Hall–Kier alpha value is -4.20. The maximum Gasteiger partial charge on any atom is 0.323 e. The van der Waals surface area contributed by atoms with Crippen LogP contribution in [0.1, 0.15) is 37.7 Å². The van der Waals surface area contributed by atoms with E-state index in [4.69, 9.17) is 0 Å². The maximum absolute atomic E-state index is 12.9. The number of benzene rings is 3. The smallest absolute Gasteiger partial charge is 0.323 e. The second-order valence-electron chi connectivity index (χ2n) is 8.98. The third kappa shape index (κ3) is 5.48. The van der Waals surface area contributed by atoms with Crippen LogP contribution in [0, 0.1) is 6.92 Å². The summed E-state index contributed by atoms with van der Waals surface area (Å²) in [4.78, 5) is 12.9. The molecule has 178 valence electrons. The number of urea groups is 1. The molecule has 0 atom stereocenters. The standard InChI is InChI=1S/C27H29N7O/c1-18-11-14-21(15-12-18)29-27(35)30-25-17-19(13-16-24(25)28-20-7-3-2-4-8-20)22-9-5-6-10-23(22)26-31-33-34-32-26/h5-6,9-17,20,28H,2-4,7-8H2,1H3,(H2,29,30,35)(H,31,32,33,34). The molecule has 5 rings (SSSR count). The molecule has 1 fully saturated rings. The van der Waals surface area contributed by atoms with Crippen molar-refractivity contribution in [2.24, 2.45) is 0 Å². The molecule has 8 nitrogen and oxygen atoms in total. The van der Waals surface area contributed by atoms with E-state index in [1.807, 2.05) is 67.6 Å². The summed E-state index contributed by atoms with van der Waals surface area (Å²) in [6.45, 7) is 2.02. The zero-order chi connectivity index (χ0) is 24.0. The van der Waals surface area contributed by atoms with Gasteiger partial charge in [-0.3, -0.25) is 0 Å². The van der Waals surface area contributed by atoms with Crippen molar-refractivity contribution in [2.45, 2.75) is 45.1 Å². The van der Waals surface area contributed by atoms with Crippen LogP contribution in [-0.4, -0.2) is 32.7 Å². The number of aromatic amines is 1. The number of H-pyrrole nitrogens is 1. The van der Waals surface area contributed by atoms with Gasteiger partial charge in [-0.05, 0) is 65.6 Å². The zero-order valence-corrected chi connectivity index (χ0v) is 19.7. The lowest BCUT2D eigenvalue weighted by molar-refractivity contribution is 0.262. The summed E-state index contributed by atoms with van der Waals surface area (Å²) in [7, 11) is 0. The van der Waals surface area contributed by atoms with Crippen molar-refractivity contribution in [1.82, 2.24) is 20.6 Å². The summed E-state index contributed by atoms with van der Waals surface area (Å²) in [6, 6.07) is 21.9. The summed E-state index contributed by atoms with van der Waals surface area (Å²) >= 11 is 0. The molecule has 1 aliphatic rings. The number of rotatable bonds is 6. The number of carbonyl (C=O) groups excluding carboxylic acids is 1. The Bertz CT molecular complexity index is 1280. The van der Waals surface area contributed by atoms with E-state index in [1.165, 1.54) is 19.3 Å². The molecule has 2 amide bonds. The minimum Gasteiger partial charge on any atom is -0.381 e. The van der Waals surface area contributed by atoms with E-state index in [-0.39, 0.29) is 6.03 Å². The lowest BCUT2D eigenvalue weighted by Gasteiger charge is -2.25. The first-order valence-electron chi connectivity index (χ1n) is 12.0. The van der Waals surface area contributed by atoms with E-state index in [9.17, 15) is 4.79 Å². The van der Waals surface area contributed by atoms with Crippen LogP contribution in [0.2, 0.25) is 0 Å². The summed E-state index contributed by atoms with van der Waals surface area (Å²) in [5, 5.41) is 24.0. The SMILES string of the molecule is Cc1ccc(NC(=O)Nc2cc(-c3ccccc3-c3nnn[nH]3)ccc2NC2CCCCC2)cc1. The summed E-state index contributed by atoms with van der Waals surface area (Å²) in [6.07, 6.45) is 6.01. The number of amides is 2. The van der Waals surface area contributed by atoms with Crippen molar-refractivity contribution >= 4 is 23.1 Å². The number of anilines is 3. The molecule has 1 aromatic heterocycles. The number of aromatic nitrogens is 4. The molecule has 8 heteroatoms. The van der Waals surface area contributed by atoms with Gasteiger partial charge in [0.2, 0.25) is 0 Å². The number of hydrogen-bond acceptors (Lipinski definition) is 5. The first-order valence-corrected chi connectivity index (χ1v) is 12.0. The molecular formula is C27H29N7O. The van der Waals surface area contributed by atoms with Crippen LogP contribution in [0.15, 0.2) is 66.7 Å². The van der Waals surface area contributed by atoms with Crippen LogP contribution in [0.5, 0.6) is 0 Å². The molecule has 0 spiro atoms. The van der Waals surface area contributed by atoms with Crippen molar-refractivity contribution in [3.8, 4) is 22.5 Å². The summed E-state index contributed by atoms with van der Waals surface area (Å²) in [5.74, 6) is 0.594. The normalized spacial score (nSPS) is 13.9. The lowest BCUT2D eigenvalue weighted by atomic mass is 9.94. The minimum atomic E-state index is -0.287. The number of carbonyl (C=O) groups is 1. The van der Waals surface area contributed by atoms with E-state index >= 15 is 0 Å². The third-order valence-corrected chi connectivity index (χ3v) is 6.38. The fourth-order valence-electron chi connectivity index (χ4n) is 4.54. The first-order chi connectivity index (χ1) is 17.2. The van der Waals surface area contributed by atoms with Gasteiger partial charge in [-0.2, -0.15) is 0 Å². The lowest BCUT2D eigenvalue weighted by Crippen LogP contribution is -2.24. The van der Waals surface area contributed by atoms with Gasteiger partial charge in [0, 0.05) is 17.3 Å². The van der Waals surface area contributed by atoms with Crippen LogP contribution >= 0.6 is 0 Å². The van der Waals surface area contributed by atoms with Crippen LogP contribution in [0.3, 0.4) is 0 Å². The molecule has 0 aliphatic heterocycles. The maximum atomic E-state index is 12.9. The highest BCUT2D eigenvalue weighted by atomic mass is 16.2. The van der Waals surface area contributed by atoms with Crippen molar-refractivity contribution in [3.63, 3.8) is 0 Å². The van der Waals surface area contributed by atoms with E-state index < -0.39 is 0 Å². The van der Waals surface area contributed by atoms with Gasteiger partial charge in [-0.1, -0.05) is 67.3 Å². The molecule has 3 aromatic carbocycles. The Kier molecular flexibility index (Phi) is 6.70. The largest absolute Gasteiger partial charge is 0.381 e. The van der Waals surface area contributed by atoms with Crippen molar-refractivity contribution in [1.29, 1.82) is 0 Å². The van der Waals surface area contributed by atoms with Crippen molar-refractivity contribution < 1.29 is 4.79 Å². The molecule has 0 unspecified atom stereocenters. The van der Waals surface area contributed by atoms with Gasteiger partial charge < -0.3 is 16.0 Å². The van der Waals surface area contributed by atoms with Crippen molar-refractivity contribution in [2.75, 3.05) is 16.0 Å². The molecule has 1 aliphatic carbocycles. The molecule has 0 bridgehead atoms. The molecule has 4 N–H and O–H groups in total. The predicted molar refractivity (Wildman–Crippen MR) is 139 cm³/mol. The van der Waals surface area contributed by atoms with Crippen LogP contribution in [0.25, 0.3) is 22.5 Å². The predicted octanol–water partition coefficient (Wildman–Crippen LogP) is 6.23. The van der Waals surface area contributed by atoms with Crippen LogP contribution < -0.4 is 16.0 Å². The van der Waals surface area contributed by atoms with E-state index in [0.29, 0.717) is 11.9 Å². The second-order valence-corrected chi connectivity index (χ2v) is 8.98. The highest BCUT2D eigenvalue weighted by molar-refractivity contribution is 6.02. The molecular weight excluding hydrogens is 438 g/mol. The quantitative estimate of drug-likeness (QED) is 0.269. The van der Waals surface area contributed by atoms with Gasteiger partial charge >= 0.3 is 6.03 Å². The van der Waals surface area contributed by atoms with E-state index in [0.717, 1.165) is 52.2 Å². The summed E-state index contributed by atoms with van der Waals surface area (Å²) < 4.78 is 0. The molecule has 35 heavy (non-hydrogen) atoms. The molecule has 1 heterocycles. The average Bonchev–Trinajstić information content (AvgIpc) is 3.42. The second kappa shape index (κ2) is 10.4. The summed E-state index contributed by atoms with van der Waals surface area (Å²) in [5.41, 5.74) is 6.34. The number of aryl methyl sites for hydroxylation is 1. The van der Waals surface area contributed by atoms with Gasteiger partial charge in [0.05, 0.1) is 11.4 Å². The molecule has 4 aromatic rings. The Labute approximate surface area is 204 Å². The number of hydrogen-bond donors (Lipinski definition) is 4. The highest BCUT2D eigenvalue weighted by Gasteiger charge is 2.17. The van der Waals surface area contributed by atoms with Crippen molar-refractivity contribution in [3.05, 3.63) is 72.3 Å². The average molecular weight is 468 g/mol. The molecule has 0 saturated heterocycles. The minimum absolute atomic E-state index is 0.287. The topological polar surface area (TPSA) is 108 Å². The van der Waals surface area contributed by atoms with E-state index in [2.05, 4.69) is 42.6 Å². The Balaban J connectivity index is 1.46. The Morgan fingerprint density at radius 1 is 0.886 bits per heavy atom. The van der Waals surface area contributed by atoms with Crippen LogP contribution in [-0.2, 0) is 0 Å². The Morgan fingerprint density at radius 3 is 2.40 bits per heavy atom. The zero-order valence-electron chi connectivity index (χ0n) is 19.7. The van der Waals surface area contributed by atoms with Gasteiger partial charge in [-0.25, -0.2) is 9.89 Å².